The molecule has 6 heterocycles. The molecule has 208 valence electrons. The van der Waals surface area contributed by atoms with Gasteiger partial charge in [0.05, 0.1) is 0 Å². The summed E-state index contributed by atoms with van der Waals surface area (Å²) in [6, 6.07) is 0.242. The second kappa shape index (κ2) is 9.31. The molecule has 0 aromatic rings. The van der Waals surface area contributed by atoms with Crippen molar-refractivity contribution in [2.24, 2.45) is 0 Å². The maximum absolute atomic E-state index is 11.8. The van der Waals surface area contributed by atoms with Crippen molar-refractivity contribution >= 4 is 71.4 Å². The van der Waals surface area contributed by atoms with Crippen molar-refractivity contribution in [2.75, 3.05) is 0 Å². The molecule has 4 unspecified atom stereocenters. The average Bonchev–Trinajstić information content (AvgIpc) is 2.61. The molecule has 0 aromatic carbocycles. The van der Waals surface area contributed by atoms with E-state index in [1.165, 1.54) is 0 Å². The van der Waals surface area contributed by atoms with Crippen LogP contribution in [0.25, 0.3) is 0 Å². The summed E-state index contributed by atoms with van der Waals surface area (Å²) in [6.45, 7) is 7.24. The molecule has 6 aliphatic rings. The minimum absolute atomic E-state index is 0.0408. The number of hydrogen-bond donors (Lipinski definition) is 4. The second-order valence-corrected chi connectivity index (χ2v) is 30.5. The molecule has 16 nitrogen and oxygen atoms in total. The van der Waals surface area contributed by atoms with Crippen LogP contribution in [0.3, 0.4) is 0 Å². The quantitative estimate of drug-likeness (QED) is 0.241. The molecule has 6 aliphatic heterocycles. The van der Waals surface area contributed by atoms with Crippen LogP contribution >= 0.6 is 0 Å². The molecular formula is C12H32O16Si8. The minimum Gasteiger partial charge on any atom is -0.373 e. The molecule has 0 aromatic heterocycles. The molecule has 6 saturated heterocycles. The Hall–Kier alpha value is 1.10. The highest BCUT2D eigenvalue weighted by Gasteiger charge is 2.85. The van der Waals surface area contributed by atoms with Crippen LogP contribution < -0.4 is 0 Å². The van der Waals surface area contributed by atoms with Crippen LogP contribution in [0.1, 0.15) is 53.4 Å². The van der Waals surface area contributed by atoms with Gasteiger partial charge in [0.25, 0.3) is 0 Å². The Morgan fingerprint density at radius 1 is 0.333 bits per heavy atom. The molecule has 36 heavy (non-hydrogen) atoms. The van der Waals surface area contributed by atoms with Gasteiger partial charge in [-0.2, -0.15) is 0 Å². The molecule has 6 fully saturated rings. The zero-order chi connectivity index (χ0) is 26.1. The second-order valence-electron chi connectivity index (χ2n) is 9.05. The molecule has 24 heteroatoms. The first-order valence-electron chi connectivity index (χ1n) is 12.0. The van der Waals surface area contributed by atoms with Gasteiger partial charge >= 0.3 is 71.4 Å². The van der Waals surface area contributed by atoms with E-state index in [4.69, 9.17) is 49.4 Å². The zero-order valence-corrected chi connectivity index (χ0v) is 28.3. The lowest BCUT2D eigenvalue weighted by Gasteiger charge is -2.58. The maximum Gasteiger partial charge on any atom is 0.657 e. The van der Waals surface area contributed by atoms with Crippen molar-refractivity contribution in [1.29, 1.82) is 0 Å². The maximum atomic E-state index is 11.8. The van der Waals surface area contributed by atoms with Crippen LogP contribution in [0.2, 0.25) is 24.2 Å². The molecule has 0 saturated carbocycles. The standard InChI is InChI=1S/C12H32O16Si8/c1-5-9-29-17-30(10-6-2)20-33(13)21-31(18-29,11-7-3)23-35(15)26-32(24-33,12-8-4)25-34(14,22-30)27-36(16,19-29)28-35/h13-16H,5-12H2,1-4H3. The van der Waals surface area contributed by atoms with E-state index in [0.717, 1.165) is 0 Å². The molecule has 4 N–H and O–H groups in total. The van der Waals surface area contributed by atoms with Gasteiger partial charge < -0.3 is 68.6 Å². The van der Waals surface area contributed by atoms with E-state index >= 15 is 0 Å². The van der Waals surface area contributed by atoms with Crippen LogP contribution in [0.5, 0.6) is 0 Å². The van der Waals surface area contributed by atoms with Gasteiger partial charge in [0.15, 0.2) is 0 Å². The number of hydrogen-bond acceptors (Lipinski definition) is 16. The van der Waals surface area contributed by atoms with E-state index in [1.807, 2.05) is 20.8 Å². The lowest BCUT2D eigenvalue weighted by molar-refractivity contribution is -0.0925. The first-order chi connectivity index (χ1) is 16.7. The summed E-state index contributed by atoms with van der Waals surface area (Å²) in [5.74, 6) is 0. The first kappa shape index (κ1) is 28.6. The van der Waals surface area contributed by atoms with E-state index in [9.17, 15) is 19.2 Å². The molecule has 0 radical (unpaired) electrons. The summed E-state index contributed by atoms with van der Waals surface area (Å²) in [5.41, 5.74) is 0. The predicted molar refractivity (Wildman–Crippen MR) is 128 cm³/mol. The molecule has 0 aliphatic carbocycles. The van der Waals surface area contributed by atoms with Crippen molar-refractivity contribution in [3.63, 3.8) is 0 Å². The van der Waals surface area contributed by atoms with E-state index in [-0.39, 0.29) is 24.2 Å². The Morgan fingerprint density at radius 3 is 0.806 bits per heavy atom. The Bertz CT molecular complexity index is 829. The van der Waals surface area contributed by atoms with Gasteiger partial charge in [-0.15, -0.1) is 0 Å². The highest BCUT2D eigenvalue weighted by molar-refractivity contribution is 7.00. The van der Waals surface area contributed by atoms with E-state index in [0.29, 0.717) is 25.7 Å². The Balaban J connectivity index is 1.80. The normalized spacial score (nSPS) is 54.0. The fourth-order valence-corrected chi connectivity index (χ4v) is 44.0. The highest BCUT2D eigenvalue weighted by atomic mass is 28.6. The van der Waals surface area contributed by atoms with Crippen molar-refractivity contribution < 1.29 is 68.6 Å². The summed E-state index contributed by atoms with van der Waals surface area (Å²) >= 11 is 0. The van der Waals surface area contributed by atoms with E-state index < -0.39 is 71.4 Å². The Morgan fingerprint density at radius 2 is 0.528 bits per heavy atom. The SMILES string of the molecule is CCC[Si]12O[Si]3(O)O[Si]4(O)O[Si](O)(O1)O[Si]1(CCC)O[Si](O)(O2)O[Si](CCC)(O3)O[Si](CCC)(O4)O1. The summed E-state index contributed by atoms with van der Waals surface area (Å²) in [7, 11) is -36.7. The third-order valence-electron chi connectivity index (χ3n) is 5.64. The summed E-state index contributed by atoms with van der Waals surface area (Å²) in [6.07, 6.45) is 1.69. The fraction of sp³-hybridized carbons (Fsp3) is 1.00. The van der Waals surface area contributed by atoms with Gasteiger partial charge in [-0.25, -0.2) is 0 Å². The van der Waals surface area contributed by atoms with Crippen molar-refractivity contribution in [2.45, 2.75) is 77.6 Å². The highest BCUT2D eigenvalue weighted by Crippen LogP contribution is 2.49. The van der Waals surface area contributed by atoms with Gasteiger partial charge in [0.1, 0.15) is 0 Å². The largest absolute Gasteiger partial charge is 0.657 e. The molecule has 4 atom stereocenters. The lowest BCUT2D eigenvalue weighted by Crippen LogP contribution is -2.88. The smallest absolute Gasteiger partial charge is 0.373 e. The van der Waals surface area contributed by atoms with Gasteiger partial charge in [-0.1, -0.05) is 53.4 Å². The third-order valence-corrected chi connectivity index (χ3v) is 37.4. The van der Waals surface area contributed by atoms with Crippen molar-refractivity contribution in [1.82, 2.24) is 0 Å². The molecule has 8 bridgehead atoms. The lowest BCUT2D eigenvalue weighted by atomic mass is 10.6. The van der Waals surface area contributed by atoms with Crippen molar-refractivity contribution in [3.8, 4) is 0 Å². The van der Waals surface area contributed by atoms with Crippen molar-refractivity contribution in [3.05, 3.63) is 0 Å². The Labute approximate surface area is 217 Å². The van der Waals surface area contributed by atoms with Crippen LogP contribution in [0.15, 0.2) is 0 Å². The molecule has 0 spiro atoms. The van der Waals surface area contributed by atoms with Gasteiger partial charge in [-0.3, -0.25) is 0 Å². The number of rotatable bonds is 8. The summed E-state index contributed by atoms with van der Waals surface area (Å²) in [4.78, 5) is 46.4. The van der Waals surface area contributed by atoms with E-state index in [2.05, 4.69) is 0 Å². The fourth-order valence-electron chi connectivity index (χ4n) is 4.71. The minimum atomic E-state index is -5.06. The first-order valence-corrected chi connectivity index (χ1v) is 26.5. The van der Waals surface area contributed by atoms with Gasteiger partial charge in [0.2, 0.25) is 0 Å². The topological polar surface area (TPSA) is 192 Å². The monoisotopic (exact) mass is 656 g/mol. The average molecular weight is 657 g/mol. The Kier molecular flexibility index (Phi) is 7.40. The van der Waals surface area contributed by atoms with E-state index in [1.54, 1.807) is 6.92 Å². The van der Waals surface area contributed by atoms with Gasteiger partial charge in [0, 0.05) is 24.2 Å². The van der Waals surface area contributed by atoms with Crippen LogP contribution in [0, 0.1) is 0 Å². The molecular weight excluding hydrogens is 625 g/mol. The predicted octanol–water partition coefficient (Wildman–Crippen LogP) is -0.639. The van der Waals surface area contributed by atoms with Gasteiger partial charge in [-0.05, 0) is 0 Å². The molecule has 6 rings (SSSR count). The zero-order valence-electron chi connectivity index (χ0n) is 20.3. The summed E-state index contributed by atoms with van der Waals surface area (Å²) < 4.78 is 72.7. The van der Waals surface area contributed by atoms with Crippen LogP contribution in [-0.4, -0.2) is 90.6 Å². The summed E-state index contributed by atoms with van der Waals surface area (Å²) in [5, 5.41) is 0. The molecule has 0 amide bonds. The third kappa shape index (κ3) is 5.14. The van der Waals surface area contributed by atoms with Crippen LogP contribution in [0.4, 0.5) is 0 Å². The van der Waals surface area contributed by atoms with Crippen LogP contribution in [-0.2, 0) is 49.4 Å².